The largest absolute Gasteiger partial charge is 0.200 e. The standard InChI is InChI=1S/2C22H24B.C12H26O2S2/c2*1-2-3-19-23(20-13-7-4-8-14-20,21-15-9-5-10-16-21)22-17-11-6-12-18-22;1-11(2,3)13-15-9-7-8-10-16-14-12(4,5)6/h2*4-18H,2-3,19H2,1H3;7-10H2,1-6H3/q2*-1;/p+2. The van der Waals surface area contributed by atoms with Crippen molar-refractivity contribution >= 4 is 69.2 Å². The molecule has 0 fully saturated rings. The Morgan fingerprint density at radius 3 is 0.726 bits per heavy atom. The Morgan fingerprint density at radius 1 is 0.339 bits per heavy atom. The summed E-state index contributed by atoms with van der Waals surface area (Å²) in [7, 11) is 0. The fourth-order valence-electron chi connectivity index (χ4n) is 8.70. The fraction of sp³-hybridized carbons (Fsp3) is 0.357. The van der Waals surface area contributed by atoms with Gasteiger partial charge in [0.25, 0.3) is 0 Å². The lowest BCUT2D eigenvalue weighted by Gasteiger charge is -2.43. The molecule has 62 heavy (non-hydrogen) atoms. The summed E-state index contributed by atoms with van der Waals surface area (Å²) in [6, 6.07) is 66.3. The van der Waals surface area contributed by atoms with Crippen LogP contribution in [0.3, 0.4) is 0 Å². The van der Waals surface area contributed by atoms with Crippen molar-refractivity contribution in [1.29, 1.82) is 0 Å². The predicted octanol–water partition coefficient (Wildman–Crippen LogP) is 10.8. The minimum Gasteiger partial charge on any atom is -0.200 e. The molecule has 0 amide bonds. The van der Waals surface area contributed by atoms with Crippen LogP contribution in [0.4, 0.5) is 0 Å². The number of rotatable bonds is 19. The van der Waals surface area contributed by atoms with Crippen molar-refractivity contribution in [3.8, 4) is 0 Å². The zero-order chi connectivity index (χ0) is 44.6. The van der Waals surface area contributed by atoms with Crippen LogP contribution in [0.15, 0.2) is 182 Å². The summed E-state index contributed by atoms with van der Waals surface area (Å²) < 4.78 is 11.3. The zero-order valence-electron chi connectivity index (χ0n) is 39.3. The highest BCUT2D eigenvalue weighted by molar-refractivity contribution is 7.73. The molecule has 6 aromatic carbocycles. The summed E-state index contributed by atoms with van der Waals surface area (Å²) in [5.74, 6) is 2.25. The van der Waals surface area contributed by atoms with E-state index in [2.05, 4.69) is 237 Å². The first-order valence-electron chi connectivity index (χ1n) is 23.3. The molecule has 0 atom stereocenters. The van der Waals surface area contributed by atoms with Crippen LogP contribution in [0.25, 0.3) is 0 Å². The normalized spacial score (nSPS) is 11.8. The number of hydrogen-bond acceptors (Lipinski definition) is 2. The SMILES string of the molecule is CC(C)(C)O[SH+]CCCC[SH+]OC(C)(C)C.CCCC[B-](c1ccccc1)(c1ccccc1)c1ccccc1.CCCC[B-](c1ccccc1)(c1ccccc1)c1ccccc1. The number of benzene rings is 6. The van der Waals surface area contributed by atoms with Gasteiger partial charge in [-0.1, -0.05) is 222 Å². The Balaban J connectivity index is 0.000000209. The summed E-state index contributed by atoms with van der Waals surface area (Å²) >= 11 is 2.22. The van der Waals surface area contributed by atoms with E-state index in [0.717, 1.165) is 35.6 Å². The number of hydrogen-bond donors (Lipinski definition) is 0. The molecule has 0 bridgehead atoms. The van der Waals surface area contributed by atoms with E-state index in [1.54, 1.807) is 0 Å². The topological polar surface area (TPSA) is 18.5 Å². The highest BCUT2D eigenvalue weighted by Gasteiger charge is 2.30. The maximum atomic E-state index is 5.63. The van der Waals surface area contributed by atoms with Crippen molar-refractivity contribution < 1.29 is 8.37 Å². The molecule has 6 heteroatoms. The van der Waals surface area contributed by atoms with Crippen LogP contribution in [0.1, 0.15) is 93.9 Å². The van der Waals surface area contributed by atoms with Gasteiger partial charge in [0.1, 0.15) is 46.8 Å². The monoisotopic (exact) mass is 867 g/mol. The van der Waals surface area contributed by atoms with E-state index < -0.39 is 12.3 Å². The molecular weight excluding hydrogens is 790 g/mol. The molecule has 0 radical (unpaired) electrons. The lowest BCUT2D eigenvalue weighted by molar-refractivity contribution is 0.161. The molecule has 6 rings (SSSR count). The molecule has 0 heterocycles. The third kappa shape index (κ3) is 16.0. The van der Waals surface area contributed by atoms with E-state index in [9.17, 15) is 0 Å². The summed E-state index contributed by atoms with van der Waals surface area (Å²) in [5.41, 5.74) is 8.65. The van der Waals surface area contributed by atoms with Crippen molar-refractivity contribution in [1.82, 2.24) is 0 Å². The number of thiol groups is 2. The minimum absolute atomic E-state index is 0.00481. The smallest absolute Gasteiger partial charge is 0.139 e. The minimum atomic E-state index is -0.913. The molecule has 0 saturated carbocycles. The van der Waals surface area contributed by atoms with Crippen LogP contribution in [0.5, 0.6) is 0 Å². The molecular formula is C56H76B2O2S2. The highest BCUT2D eigenvalue weighted by Crippen LogP contribution is 2.18. The van der Waals surface area contributed by atoms with Gasteiger partial charge in [-0.05, 0) is 54.4 Å². The summed E-state index contributed by atoms with van der Waals surface area (Å²) in [5, 5.41) is 0. The quantitative estimate of drug-likeness (QED) is 0.0350. The molecule has 0 aliphatic rings. The molecule has 330 valence electrons. The molecule has 0 aromatic heterocycles. The van der Waals surface area contributed by atoms with Gasteiger partial charge in [0, 0.05) is 0 Å². The molecule has 0 aliphatic heterocycles. The Bertz CT molecular complexity index is 1680. The Labute approximate surface area is 386 Å². The van der Waals surface area contributed by atoms with Gasteiger partial charge in [0.2, 0.25) is 0 Å². The zero-order valence-corrected chi connectivity index (χ0v) is 41.0. The van der Waals surface area contributed by atoms with Crippen LogP contribution < -0.4 is 32.8 Å². The maximum Gasteiger partial charge on any atom is 0.139 e. The molecule has 0 N–H and O–H groups in total. The van der Waals surface area contributed by atoms with Crippen molar-refractivity contribution in [3.05, 3.63) is 182 Å². The first kappa shape index (κ1) is 50.7. The average molecular weight is 867 g/mol. The molecule has 0 aliphatic carbocycles. The van der Waals surface area contributed by atoms with Gasteiger partial charge < -0.3 is 0 Å². The third-order valence-electron chi connectivity index (χ3n) is 11.6. The van der Waals surface area contributed by atoms with Gasteiger partial charge in [-0.3, -0.25) is 0 Å². The maximum absolute atomic E-state index is 5.63. The summed E-state index contributed by atoms with van der Waals surface area (Å²) in [6.45, 7) is 17.1. The lowest BCUT2D eigenvalue weighted by atomic mass is 9.14. The van der Waals surface area contributed by atoms with E-state index in [1.165, 1.54) is 83.9 Å². The van der Waals surface area contributed by atoms with Crippen molar-refractivity contribution in [2.24, 2.45) is 0 Å². The van der Waals surface area contributed by atoms with Crippen LogP contribution >= 0.6 is 0 Å². The molecule has 0 saturated heterocycles. The van der Waals surface area contributed by atoms with Crippen LogP contribution in [0, 0.1) is 0 Å². The Kier molecular flexibility index (Phi) is 21.8. The van der Waals surface area contributed by atoms with Crippen LogP contribution in [-0.2, 0) is 32.5 Å². The fourth-order valence-corrected chi connectivity index (χ4v) is 10.4. The highest BCUT2D eigenvalue weighted by atomic mass is 32.2. The second-order valence-electron chi connectivity index (χ2n) is 18.7. The van der Waals surface area contributed by atoms with Crippen molar-refractivity contribution in [2.45, 2.75) is 118 Å². The van der Waals surface area contributed by atoms with Crippen molar-refractivity contribution in [3.63, 3.8) is 0 Å². The van der Waals surface area contributed by atoms with Gasteiger partial charge in [0.15, 0.2) is 0 Å². The number of unbranched alkanes of at least 4 members (excludes halogenated alkanes) is 3. The van der Waals surface area contributed by atoms with E-state index in [0.29, 0.717) is 0 Å². The van der Waals surface area contributed by atoms with E-state index >= 15 is 0 Å². The van der Waals surface area contributed by atoms with E-state index in [-0.39, 0.29) is 11.2 Å². The third-order valence-corrected chi connectivity index (χ3v) is 14.0. The average Bonchev–Trinajstić information content (AvgIpc) is 3.30. The molecule has 0 spiro atoms. The molecule has 6 aromatic rings. The first-order chi connectivity index (χ1) is 30.0. The Morgan fingerprint density at radius 2 is 0.548 bits per heavy atom. The van der Waals surface area contributed by atoms with E-state index in [4.69, 9.17) is 8.37 Å². The second kappa shape index (κ2) is 26.6. The van der Waals surface area contributed by atoms with Gasteiger partial charge in [-0.2, -0.15) is 53.8 Å². The lowest BCUT2D eigenvalue weighted by Crippen LogP contribution is -2.66. The molecule has 2 nitrogen and oxygen atoms in total. The van der Waals surface area contributed by atoms with Crippen molar-refractivity contribution in [2.75, 3.05) is 11.5 Å². The van der Waals surface area contributed by atoms with Gasteiger partial charge >= 0.3 is 0 Å². The predicted molar refractivity (Wildman–Crippen MR) is 286 cm³/mol. The van der Waals surface area contributed by atoms with Crippen LogP contribution in [-0.4, -0.2) is 35.0 Å². The van der Waals surface area contributed by atoms with Crippen LogP contribution in [0.2, 0.25) is 12.6 Å². The Hall–Kier alpha value is -3.93. The summed E-state index contributed by atoms with van der Waals surface area (Å²) in [4.78, 5) is 0. The van der Waals surface area contributed by atoms with E-state index in [1.807, 2.05) is 0 Å². The summed E-state index contributed by atoms with van der Waals surface area (Å²) in [6.07, 6.45) is 7.90. The first-order valence-corrected chi connectivity index (χ1v) is 25.3. The molecule has 0 unspecified atom stereocenters. The second-order valence-corrected chi connectivity index (χ2v) is 20.4. The van der Waals surface area contributed by atoms with Gasteiger partial charge in [0.05, 0.1) is 12.3 Å². The van der Waals surface area contributed by atoms with Gasteiger partial charge in [-0.25, -0.2) is 0 Å². The van der Waals surface area contributed by atoms with Gasteiger partial charge in [-0.15, -0.1) is 0 Å².